The van der Waals surface area contributed by atoms with Crippen molar-refractivity contribution in [2.45, 2.75) is 6.92 Å². The maximum Gasteiger partial charge on any atom is 0.363 e. The van der Waals surface area contributed by atoms with E-state index >= 15 is 0 Å². The summed E-state index contributed by atoms with van der Waals surface area (Å²) in [6, 6.07) is 7.32. The van der Waals surface area contributed by atoms with Crippen molar-refractivity contribution in [2.75, 3.05) is 25.6 Å². The summed E-state index contributed by atoms with van der Waals surface area (Å²) in [4.78, 5) is 14.8. The first kappa shape index (κ1) is 13.9. The van der Waals surface area contributed by atoms with Crippen molar-refractivity contribution < 1.29 is 9.47 Å². The van der Waals surface area contributed by atoms with E-state index in [1.54, 1.807) is 14.0 Å². The number of H-pyrrole nitrogens is 1. The number of aromatic nitrogens is 3. The number of aryl methyl sites for hydroxylation is 1. The first-order valence-electron chi connectivity index (χ1n) is 6.13. The molecule has 0 bridgehead atoms. The lowest BCUT2D eigenvalue weighted by atomic mass is 10.3. The van der Waals surface area contributed by atoms with Gasteiger partial charge < -0.3 is 14.8 Å². The van der Waals surface area contributed by atoms with Gasteiger partial charge in [0.25, 0.3) is 0 Å². The standard InChI is InChI=1S/C13H16N4O3/c1-9-12(15-13(18)17-16-9)14-7-8-20-11-5-3-10(19-2)4-6-11/h3-6H,7-8H2,1-2H3,(H2,14,15,17,18). The Morgan fingerprint density at radius 1 is 1.25 bits per heavy atom. The Morgan fingerprint density at radius 2 is 1.95 bits per heavy atom. The highest BCUT2D eigenvalue weighted by Crippen LogP contribution is 2.16. The fourth-order valence-electron chi connectivity index (χ4n) is 1.57. The summed E-state index contributed by atoms with van der Waals surface area (Å²) in [5.41, 5.74) is 0.156. The van der Waals surface area contributed by atoms with Crippen LogP contribution in [-0.2, 0) is 0 Å². The fourth-order valence-corrected chi connectivity index (χ4v) is 1.57. The van der Waals surface area contributed by atoms with Crippen LogP contribution >= 0.6 is 0 Å². The SMILES string of the molecule is COc1ccc(OCCNc2nc(=O)[nH]nc2C)cc1. The summed E-state index contributed by atoms with van der Waals surface area (Å²) in [7, 11) is 1.62. The first-order valence-corrected chi connectivity index (χ1v) is 6.13. The second-order valence-corrected chi connectivity index (χ2v) is 4.03. The summed E-state index contributed by atoms with van der Waals surface area (Å²) in [6.07, 6.45) is 0. The smallest absolute Gasteiger partial charge is 0.363 e. The third kappa shape index (κ3) is 3.71. The normalized spacial score (nSPS) is 10.1. The third-order valence-corrected chi connectivity index (χ3v) is 2.60. The molecule has 2 rings (SSSR count). The Kier molecular flexibility index (Phi) is 4.54. The van der Waals surface area contributed by atoms with Crippen molar-refractivity contribution in [1.82, 2.24) is 15.2 Å². The van der Waals surface area contributed by atoms with E-state index in [1.165, 1.54) is 0 Å². The fraction of sp³-hybridized carbons (Fsp3) is 0.308. The maximum absolute atomic E-state index is 11.0. The Hall–Kier alpha value is -2.57. The molecule has 0 aliphatic heterocycles. The van der Waals surface area contributed by atoms with Gasteiger partial charge in [0.15, 0.2) is 5.82 Å². The molecular formula is C13H16N4O3. The number of benzene rings is 1. The molecule has 0 saturated heterocycles. The molecule has 0 fully saturated rings. The number of hydrogen-bond donors (Lipinski definition) is 2. The number of nitrogens with one attached hydrogen (secondary N) is 2. The van der Waals surface area contributed by atoms with Crippen LogP contribution in [0, 0.1) is 6.92 Å². The minimum Gasteiger partial charge on any atom is -0.497 e. The lowest BCUT2D eigenvalue weighted by molar-refractivity contribution is 0.331. The number of ether oxygens (including phenoxy) is 2. The third-order valence-electron chi connectivity index (χ3n) is 2.60. The van der Waals surface area contributed by atoms with Crippen molar-refractivity contribution in [3.8, 4) is 11.5 Å². The van der Waals surface area contributed by atoms with Crippen LogP contribution in [0.2, 0.25) is 0 Å². The number of hydrogen-bond acceptors (Lipinski definition) is 6. The van der Waals surface area contributed by atoms with Crippen LogP contribution < -0.4 is 20.5 Å². The van der Waals surface area contributed by atoms with E-state index in [4.69, 9.17) is 9.47 Å². The van der Waals surface area contributed by atoms with Crippen LogP contribution in [0.15, 0.2) is 29.1 Å². The molecule has 0 aliphatic carbocycles. The molecule has 0 radical (unpaired) electrons. The highest BCUT2D eigenvalue weighted by Gasteiger charge is 2.01. The van der Waals surface area contributed by atoms with Crippen LogP contribution in [0.1, 0.15) is 5.69 Å². The van der Waals surface area contributed by atoms with Gasteiger partial charge in [-0.25, -0.2) is 9.89 Å². The highest BCUT2D eigenvalue weighted by atomic mass is 16.5. The number of nitrogens with zero attached hydrogens (tertiary/aromatic N) is 2. The molecule has 20 heavy (non-hydrogen) atoms. The van der Waals surface area contributed by atoms with E-state index in [0.29, 0.717) is 24.7 Å². The molecule has 0 aliphatic rings. The predicted octanol–water partition coefficient (Wildman–Crippen LogP) is 0.973. The van der Waals surface area contributed by atoms with E-state index in [-0.39, 0.29) is 0 Å². The monoisotopic (exact) mass is 276 g/mol. The van der Waals surface area contributed by atoms with Crippen LogP contribution in [0.5, 0.6) is 11.5 Å². The maximum atomic E-state index is 11.0. The van der Waals surface area contributed by atoms with E-state index < -0.39 is 5.69 Å². The molecular weight excluding hydrogens is 260 g/mol. The molecule has 0 amide bonds. The largest absolute Gasteiger partial charge is 0.497 e. The van der Waals surface area contributed by atoms with Crippen LogP contribution in [0.3, 0.4) is 0 Å². The van der Waals surface area contributed by atoms with Crippen molar-refractivity contribution in [3.05, 3.63) is 40.4 Å². The molecule has 0 spiro atoms. The number of anilines is 1. The van der Waals surface area contributed by atoms with E-state index in [1.807, 2.05) is 24.3 Å². The molecule has 1 aromatic carbocycles. The van der Waals surface area contributed by atoms with Gasteiger partial charge in [0.05, 0.1) is 13.7 Å². The van der Waals surface area contributed by atoms with E-state index in [9.17, 15) is 4.79 Å². The lowest BCUT2D eigenvalue weighted by Crippen LogP contribution is -2.19. The van der Waals surface area contributed by atoms with E-state index in [2.05, 4.69) is 20.5 Å². The topological polar surface area (TPSA) is 89.1 Å². The Balaban J connectivity index is 1.81. The van der Waals surface area contributed by atoms with Crippen molar-refractivity contribution in [3.63, 3.8) is 0 Å². The summed E-state index contributed by atoms with van der Waals surface area (Å²) in [5, 5.41) is 9.09. The highest BCUT2D eigenvalue weighted by molar-refractivity contribution is 5.37. The molecule has 0 atom stereocenters. The van der Waals surface area contributed by atoms with Gasteiger partial charge in [0.2, 0.25) is 0 Å². The van der Waals surface area contributed by atoms with Gasteiger partial charge in [-0.05, 0) is 31.2 Å². The van der Waals surface area contributed by atoms with Gasteiger partial charge in [0, 0.05) is 0 Å². The average molecular weight is 276 g/mol. The molecule has 1 aromatic heterocycles. The first-order chi connectivity index (χ1) is 9.69. The van der Waals surface area contributed by atoms with Gasteiger partial charge >= 0.3 is 5.69 Å². The van der Waals surface area contributed by atoms with Crippen molar-refractivity contribution >= 4 is 5.82 Å². The van der Waals surface area contributed by atoms with Gasteiger partial charge in [-0.3, -0.25) is 0 Å². The summed E-state index contributed by atoms with van der Waals surface area (Å²) < 4.78 is 10.6. The zero-order valence-electron chi connectivity index (χ0n) is 11.3. The molecule has 1 heterocycles. The van der Waals surface area contributed by atoms with Crippen LogP contribution in [-0.4, -0.2) is 35.4 Å². The minimum atomic E-state index is -0.478. The van der Waals surface area contributed by atoms with Gasteiger partial charge in [-0.2, -0.15) is 10.1 Å². The minimum absolute atomic E-state index is 0.445. The molecule has 0 saturated carbocycles. The molecule has 7 heteroatoms. The number of rotatable bonds is 6. The van der Waals surface area contributed by atoms with Crippen LogP contribution in [0.25, 0.3) is 0 Å². The van der Waals surface area contributed by atoms with Gasteiger partial charge in [-0.15, -0.1) is 0 Å². The zero-order chi connectivity index (χ0) is 14.4. The molecule has 0 unspecified atom stereocenters. The second kappa shape index (κ2) is 6.55. The summed E-state index contributed by atoms with van der Waals surface area (Å²) in [5.74, 6) is 2.00. The lowest BCUT2D eigenvalue weighted by Gasteiger charge is -2.09. The van der Waals surface area contributed by atoms with Crippen LogP contribution in [0.4, 0.5) is 5.82 Å². The summed E-state index contributed by atoms with van der Waals surface area (Å²) in [6.45, 7) is 2.72. The molecule has 7 nitrogen and oxygen atoms in total. The van der Waals surface area contributed by atoms with Crippen molar-refractivity contribution in [1.29, 1.82) is 0 Å². The quantitative estimate of drug-likeness (QED) is 0.764. The van der Waals surface area contributed by atoms with E-state index in [0.717, 1.165) is 11.5 Å². The zero-order valence-corrected chi connectivity index (χ0v) is 11.3. The Morgan fingerprint density at radius 3 is 2.65 bits per heavy atom. The van der Waals surface area contributed by atoms with Gasteiger partial charge in [0.1, 0.15) is 23.8 Å². The Bertz CT molecular complexity index is 610. The average Bonchev–Trinajstić information content (AvgIpc) is 2.47. The van der Waals surface area contributed by atoms with Gasteiger partial charge in [-0.1, -0.05) is 0 Å². The number of methoxy groups -OCH3 is 1. The number of aromatic amines is 1. The Labute approximate surface area is 116 Å². The predicted molar refractivity (Wildman–Crippen MR) is 74.4 cm³/mol. The molecule has 106 valence electrons. The molecule has 2 aromatic rings. The summed E-state index contributed by atoms with van der Waals surface area (Å²) >= 11 is 0. The second-order valence-electron chi connectivity index (χ2n) is 4.03. The van der Waals surface area contributed by atoms with Crippen molar-refractivity contribution in [2.24, 2.45) is 0 Å². The molecule has 2 N–H and O–H groups in total.